The number of oxime groups is 1. The van der Waals surface area contributed by atoms with Crippen molar-refractivity contribution in [3.63, 3.8) is 0 Å². The number of halogens is 4. The van der Waals surface area contributed by atoms with Gasteiger partial charge in [0, 0.05) is 42.9 Å². The fourth-order valence-electron chi connectivity index (χ4n) is 3.82. The summed E-state index contributed by atoms with van der Waals surface area (Å²) in [5, 5.41) is 6.21. The second kappa shape index (κ2) is 10.5. The number of carbonyl (C=O) groups excluding carboxylic acids is 1. The van der Waals surface area contributed by atoms with E-state index < -0.39 is 35.2 Å². The van der Waals surface area contributed by atoms with E-state index in [2.05, 4.69) is 25.4 Å². The molecule has 4 rings (SSSR count). The Morgan fingerprint density at radius 3 is 2.39 bits per heavy atom. The fraction of sp³-hybridized carbons (Fsp3) is 0.261. The first-order valence-corrected chi connectivity index (χ1v) is 10.9. The summed E-state index contributed by atoms with van der Waals surface area (Å²) in [7, 11) is 0. The van der Waals surface area contributed by atoms with Gasteiger partial charge in [0.15, 0.2) is 5.75 Å². The van der Waals surface area contributed by atoms with Crippen molar-refractivity contribution < 1.29 is 27.2 Å². The van der Waals surface area contributed by atoms with E-state index in [0.717, 1.165) is 24.3 Å². The van der Waals surface area contributed by atoms with Gasteiger partial charge < -0.3 is 20.8 Å². The standard InChI is InChI=1S/C23H21F4N7O2/c1-12(33-36-14-9-18(26)30-19(27)10-14)15-11-29-22(28)31-20(15)13-5-7-34(8-6-13)23(35)32-21-16(24)3-2-4-17(21)25/h2-4,9-11,13H,5-8H2,1H3,(H,32,35)(H2,28,29,31). The van der Waals surface area contributed by atoms with Crippen LogP contribution in [0.3, 0.4) is 0 Å². The second-order valence-electron chi connectivity index (χ2n) is 8.03. The number of nitrogens with two attached hydrogens (primary N) is 1. The number of hydrogen-bond acceptors (Lipinski definition) is 7. The number of pyridine rings is 1. The quantitative estimate of drug-likeness (QED) is 0.233. The number of likely N-dealkylation sites (tertiary alicyclic amines) is 1. The number of carbonyl (C=O) groups is 1. The van der Waals surface area contributed by atoms with E-state index in [1.807, 2.05) is 0 Å². The van der Waals surface area contributed by atoms with Gasteiger partial charge in [-0.15, -0.1) is 0 Å². The SMILES string of the molecule is CC(=NOc1cc(F)nc(F)c1)c1cnc(N)nc1C1CCN(C(=O)Nc2c(F)cccc2F)CC1. The highest BCUT2D eigenvalue weighted by atomic mass is 19.1. The highest BCUT2D eigenvalue weighted by Gasteiger charge is 2.28. The molecule has 3 aromatic rings. The molecule has 13 heteroatoms. The number of urea groups is 1. The molecule has 0 aliphatic carbocycles. The van der Waals surface area contributed by atoms with Crippen LogP contribution in [0.15, 0.2) is 41.7 Å². The lowest BCUT2D eigenvalue weighted by molar-refractivity contribution is 0.194. The molecular weight excluding hydrogens is 482 g/mol. The van der Waals surface area contributed by atoms with Crippen molar-refractivity contribution in [3.8, 4) is 5.75 Å². The smallest absolute Gasteiger partial charge is 0.322 e. The number of benzene rings is 1. The van der Waals surface area contributed by atoms with E-state index in [-0.39, 0.29) is 30.7 Å². The predicted octanol–water partition coefficient (Wildman–Crippen LogP) is 4.22. The molecule has 2 aromatic heterocycles. The Morgan fingerprint density at radius 2 is 1.75 bits per heavy atom. The van der Waals surface area contributed by atoms with Gasteiger partial charge in [-0.25, -0.2) is 23.5 Å². The molecule has 0 unspecified atom stereocenters. The number of piperidine rings is 1. The van der Waals surface area contributed by atoms with Crippen molar-refractivity contribution in [1.29, 1.82) is 0 Å². The summed E-state index contributed by atoms with van der Waals surface area (Å²) in [5.74, 6) is -4.12. The van der Waals surface area contributed by atoms with Gasteiger partial charge in [-0.2, -0.15) is 13.8 Å². The van der Waals surface area contributed by atoms with Crippen LogP contribution in [-0.4, -0.2) is 44.7 Å². The molecule has 0 bridgehead atoms. The van der Waals surface area contributed by atoms with E-state index >= 15 is 0 Å². The molecule has 1 aromatic carbocycles. The van der Waals surface area contributed by atoms with Crippen LogP contribution < -0.4 is 15.9 Å². The number of amides is 2. The first-order valence-electron chi connectivity index (χ1n) is 10.9. The maximum absolute atomic E-state index is 13.9. The van der Waals surface area contributed by atoms with Gasteiger partial charge in [0.2, 0.25) is 17.8 Å². The number of anilines is 2. The Balaban J connectivity index is 1.46. The Labute approximate surface area is 203 Å². The van der Waals surface area contributed by atoms with Crippen molar-refractivity contribution >= 4 is 23.4 Å². The Bertz CT molecular complexity index is 1270. The van der Waals surface area contributed by atoms with Crippen LogP contribution in [0.25, 0.3) is 0 Å². The molecule has 1 saturated heterocycles. The van der Waals surface area contributed by atoms with Gasteiger partial charge >= 0.3 is 6.03 Å². The average molecular weight is 503 g/mol. The summed E-state index contributed by atoms with van der Waals surface area (Å²) in [6, 6.07) is 4.47. The lowest BCUT2D eigenvalue weighted by Gasteiger charge is -2.32. The molecule has 188 valence electrons. The summed E-state index contributed by atoms with van der Waals surface area (Å²) >= 11 is 0. The van der Waals surface area contributed by atoms with Crippen molar-refractivity contribution in [2.45, 2.75) is 25.7 Å². The van der Waals surface area contributed by atoms with E-state index in [4.69, 9.17) is 10.6 Å². The van der Waals surface area contributed by atoms with Gasteiger partial charge in [-0.3, -0.25) is 0 Å². The normalized spacial score (nSPS) is 14.6. The first-order chi connectivity index (χ1) is 17.2. The third-order valence-electron chi connectivity index (χ3n) is 5.61. The third kappa shape index (κ3) is 5.67. The zero-order valence-corrected chi connectivity index (χ0v) is 19.0. The minimum absolute atomic E-state index is 0.0379. The molecule has 0 saturated carbocycles. The summed E-state index contributed by atoms with van der Waals surface area (Å²) in [6.07, 6.45) is 2.42. The number of nitrogens with zero attached hydrogens (tertiary/aromatic N) is 5. The summed E-state index contributed by atoms with van der Waals surface area (Å²) < 4.78 is 54.3. The lowest BCUT2D eigenvalue weighted by Crippen LogP contribution is -2.41. The maximum Gasteiger partial charge on any atom is 0.322 e. The zero-order valence-electron chi connectivity index (χ0n) is 19.0. The van der Waals surface area contributed by atoms with Gasteiger partial charge in [0.1, 0.15) is 17.3 Å². The molecule has 0 radical (unpaired) electrons. The molecule has 1 fully saturated rings. The fourth-order valence-corrected chi connectivity index (χ4v) is 3.82. The number of aromatic nitrogens is 3. The van der Waals surface area contributed by atoms with E-state index in [0.29, 0.717) is 29.8 Å². The second-order valence-corrected chi connectivity index (χ2v) is 8.03. The van der Waals surface area contributed by atoms with E-state index in [1.54, 1.807) is 6.92 Å². The van der Waals surface area contributed by atoms with E-state index in [9.17, 15) is 22.4 Å². The minimum atomic E-state index is -1.05. The monoisotopic (exact) mass is 503 g/mol. The molecule has 2 amide bonds. The molecule has 9 nitrogen and oxygen atoms in total. The van der Waals surface area contributed by atoms with Crippen LogP contribution in [0.2, 0.25) is 0 Å². The minimum Gasteiger partial charge on any atom is -0.368 e. The van der Waals surface area contributed by atoms with Crippen LogP contribution in [0, 0.1) is 23.5 Å². The summed E-state index contributed by atoms with van der Waals surface area (Å²) in [4.78, 5) is 30.5. The highest BCUT2D eigenvalue weighted by molar-refractivity contribution is 5.99. The number of para-hydroxylation sites is 1. The van der Waals surface area contributed by atoms with Gasteiger partial charge in [-0.05, 0) is 31.9 Å². The third-order valence-corrected chi connectivity index (χ3v) is 5.61. The number of hydrogen-bond donors (Lipinski definition) is 2. The molecule has 1 aliphatic heterocycles. The Morgan fingerprint density at radius 1 is 1.11 bits per heavy atom. The maximum atomic E-state index is 13.9. The van der Waals surface area contributed by atoms with Crippen molar-refractivity contribution in [1.82, 2.24) is 19.9 Å². The highest BCUT2D eigenvalue weighted by Crippen LogP contribution is 2.30. The van der Waals surface area contributed by atoms with Crippen LogP contribution in [0.5, 0.6) is 5.75 Å². The van der Waals surface area contributed by atoms with Gasteiger partial charge in [-0.1, -0.05) is 11.2 Å². The van der Waals surface area contributed by atoms with Crippen molar-refractivity contribution in [2.75, 3.05) is 24.1 Å². The van der Waals surface area contributed by atoms with Crippen LogP contribution in [0.1, 0.15) is 36.9 Å². The van der Waals surface area contributed by atoms with Crippen LogP contribution in [0.4, 0.5) is 34.0 Å². The molecule has 3 N–H and O–H groups in total. The van der Waals surface area contributed by atoms with Crippen LogP contribution >= 0.6 is 0 Å². The van der Waals surface area contributed by atoms with Crippen molar-refractivity contribution in [2.24, 2.45) is 5.16 Å². The molecular formula is C23H21F4N7O2. The van der Waals surface area contributed by atoms with Gasteiger partial charge in [0.05, 0.1) is 11.4 Å². The Hall–Kier alpha value is -4.29. The molecule has 1 aliphatic rings. The average Bonchev–Trinajstić information content (AvgIpc) is 2.84. The van der Waals surface area contributed by atoms with Crippen molar-refractivity contribution in [3.05, 3.63) is 71.3 Å². The summed E-state index contributed by atoms with van der Waals surface area (Å²) in [6.45, 7) is 2.19. The topological polar surface area (TPSA) is 119 Å². The molecule has 3 heterocycles. The largest absolute Gasteiger partial charge is 0.368 e. The van der Waals surface area contributed by atoms with Gasteiger partial charge in [0.25, 0.3) is 0 Å². The molecule has 36 heavy (non-hydrogen) atoms. The summed E-state index contributed by atoms with van der Waals surface area (Å²) in [5.41, 5.74) is 6.70. The van der Waals surface area contributed by atoms with E-state index in [1.165, 1.54) is 17.2 Å². The number of rotatable bonds is 5. The van der Waals surface area contributed by atoms with Crippen LogP contribution in [-0.2, 0) is 0 Å². The lowest BCUT2D eigenvalue weighted by atomic mass is 9.90. The number of nitrogen functional groups attached to an aromatic ring is 1. The first kappa shape index (κ1) is 24.8. The molecule has 0 spiro atoms. The predicted molar refractivity (Wildman–Crippen MR) is 122 cm³/mol. The Kier molecular flexibility index (Phi) is 7.27. The molecule has 0 atom stereocenters. The number of nitrogens with one attached hydrogen (secondary N) is 1. The zero-order chi connectivity index (χ0) is 25.8.